The van der Waals surface area contributed by atoms with Gasteiger partial charge in [-0.25, -0.2) is 9.78 Å². The lowest BCUT2D eigenvalue weighted by Gasteiger charge is -2.27. The summed E-state index contributed by atoms with van der Waals surface area (Å²) in [6.07, 6.45) is 1.06. The molecule has 10 nitrogen and oxygen atoms in total. The minimum atomic E-state index is -2.72. The van der Waals surface area contributed by atoms with Crippen LogP contribution in [0.2, 0.25) is 5.02 Å². The van der Waals surface area contributed by atoms with Crippen molar-refractivity contribution in [1.29, 1.82) is 0 Å². The molecule has 35 heavy (non-hydrogen) atoms. The first-order valence-corrected chi connectivity index (χ1v) is 13.7. The highest BCUT2D eigenvalue weighted by Gasteiger charge is 2.23. The van der Waals surface area contributed by atoms with Crippen LogP contribution in [0.1, 0.15) is 11.1 Å². The number of ether oxygens (including phenoxy) is 1. The Morgan fingerprint density at radius 3 is 2.63 bits per heavy atom. The Labute approximate surface area is 207 Å². The van der Waals surface area contributed by atoms with E-state index in [0.29, 0.717) is 35.4 Å². The van der Waals surface area contributed by atoms with Gasteiger partial charge in [0.25, 0.3) is 0 Å². The smallest absolute Gasteiger partial charge is 0.407 e. The van der Waals surface area contributed by atoms with E-state index in [4.69, 9.17) is 16.3 Å². The minimum absolute atomic E-state index is 0.00610. The molecule has 1 amide bonds. The number of aromatic nitrogens is 2. The number of hydrogen-bond donors (Lipinski definition) is 4. The van der Waals surface area contributed by atoms with Crippen LogP contribution in [0.3, 0.4) is 0 Å². The maximum absolute atomic E-state index is 12.7. The van der Waals surface area contributed by atoms with Crippen molar-refractivity contribution in [3.05, 3.63) is 52.7 Å². The standard InChI is InChI=1S/C23H25ClN5O5P/c1-34-19-9-13-6-7-29(23(31)32)12-14(13)8-18(19)27-22-25-11-16(24)21(28-22)26-17-5-4-15(30)10-20(17)35(2,3)33/h4-5,8-11,30H,6-7,12H2,1-3H3,(H,31,32)(H2,25,26,27,28). The number of carbonyl (C=O) groups is 1. The maximum Gasteiger partial charge on any atom is 0.407 e. The topological polar surface area (TPSA) is 137 Å². The zero-order chi connectivity index (χ0) is 25.3. The van der Waals surface area contributed by atoms with Crippen molar-refractivity contribution in [2.24, 2.45) is 0 Å². The van der Waals surface area contributed by atoms with Crippen LogP contribution in [0.5, 0.6) is 11.5 Å². The lowest BCUT2D eigenvalue weighted by Crippen LogP contribution is -2.34. The average Bonchev–Trinajstić information content (AvgIpc) is 2.80. The molecule has 0 aliphatic carbocycles. The van der Waals surface area contributed by atoms with Crippen LogP contribution in [-0.4, -0.2) is 58.2 Å². The summed E-state index contributed by atoms with van der Waals surface area (Å²) in [5.41, 5.74) is 2.96. The van der Waals surface area contributed by atoms with E-state index in [1.54, 1.807) is 26.5 Å². The number of methoxy groups -OCH3 is 1. The van der Waals surface area contributed by atoms with Crippen LogP contribution in [0.4, 0.5) is 27.9 Å². The van der Waals surface area contributed by atoms with E-state index in [-0.39, 0.29) is 29.1 Å². The van der Waals surface area contributed by atoms with Gasteiger partial charge in [0.1, 0.15) is 23.7 Å². The highest BCUT2D eigenvalue weighted by Crippen LogP contribution is 2.40. The second-order valence-corrected chi connectivity index (χ2v) is 12.1. The molecule has 12 heteroatoms. The molecule has 1 aromatic heterocycles. The van der Waals surface area contributed by atoms with E-state index in [2.05, 4.69) is 20.6 Å². The average molecular weight is 518 g/mol. The number of nitrogens with one attached hydrogen (secondary N) is 2. The summed E-state index contributed by atoms with van der Waals surface area (Å²) >= 11 is 6.33. The number of nitrogens with zero attached hydrogens (tertiary/aromatic N) is 3. The van der Waals surface area contributed by atoms with Crippen LogP contribution in [0.15, 0.2) is 36.5 Å². The first-order valence-electron chi connectivity index (χ1n) is 10.7. The maximum atomic E-state index is 12.7. The molecule has 0 spiro atoms. The molecule has 0 unspecified atom stereocenters. The van der Waals surface area contributed by atoms with Crippen LogP contribution >= 0.6 is 18.7 Å². The first kappa shape index (κ1) is 24.6. The molecular formula is C23H25ClN5O5P. The minimum Gasteiger partial charge on any atom is -0.508 e. The van der Waals surface area contributed by atoms with Crippen molar-refractivity contribution in [2.75, 3.05) is 37.6 Å². The van der Waals surface area contributed by atoms with Gasteiger partial charge in [-0.05, 0) is 61.2 Å². The summed E-state index contributed by atoms with van der Waals surface area (Å²) in [5, 5.41) is 26.1. The van der Waals surface area contributed by atoms with Crippen molar-refractivity contribution >= 4 is 53.3 Å². The molecule has 2 heterocycles. The SMILES string of the molecule is COc1cc2c(cc1Nc1ncc(Cl)c(Nc3ccc(O)cc3P(C)(C)=O)n1)CN(C(=O)O)CC2. The molecule has 0 atom stereocenters. The summed E-state index contributed by atoms with van der Waals surface area (Å²) in [5.74, 6) is 1.07. The van der Waals surface area contributed by atoms with E-state index >= 15 is 0 Å². The molecule has 0 fully saturated rings. The highest BCUT2D eigenvalue weighted by atomic mass is 35.5. The van der Waals surface area contributed by atoms with Gasteiger partial charge in [-0.15, -0.1) is 0 Å². The number of hydrogen-bond acceptors (Lipinski definition) is 8. The molecule has 1 aliphatic rings. The van der Waals surface area contributed by atoms with Crippen molar-refractivity contribution in [2.45, 2.75) is 13.0 Å². The third kappa shape index (κ3) is 5.44. The molecular weight excluding hydrogens is 493 g/mol. The number of phenols is 1. The van der Waals surface area contributed by atoms with E-state index in [9.17, 15) is 19.6 Å². The van der Waals surface area contributed by atoms with E-state index in [1.807, 2.05) is 12.1 Å². The van der Waals surface area contributed by atoms with Crippen molar-refractivity contribution in [3.63, 3.8) is 0 Å². The fourth-order valence-corrected chi connectivity index (χ4v) is 5.14. The first-order chi connectivity index (χ1) is 16.5. The number of aromatic hydroxyl groups is 1. The Bertz CT molecular complexity index is 1350. The molecule has 0 saturated heterocycles. The van der Waals surface area contributed by atoms with E-state index in [1.165, 1.54) is 23.2 Å². The number of halogens is 1. The molecule has 184 valence electrons. The number of amides is 1. The Kier molecular flexibility index (Phi) is 6.78. The van der Waals surface area contributed by atoms with Crippen LogP contribution in [-0.2, 0) is 17.5 Å². The van der Waals surface area contributed by atoms with Crippen LogP contribution < -0.4 is 20.7 Å². The van der Waals surface area contributed by atoms with Gasteiger partial charge in [0.05, 0.1) is 24.7 Å². The Balaban J connectivity index is 1.65. The Morgan fingerprint density at radius 1 is 1.17 bits per heavy atom. The molecule has 4 rings (SSSR count). The Hall–Kier alpha value is -3.49. The summed E-state index contributed by atoms with van der Waals surface area (Å²) in [6, 6.07) is 8.26. The van der Waals surface area contributed by atoms with Crippen LogP contribution in [0.25, 0.3) is 0 Å². The highest BCUT2D eigenvalue weighted by molar-refractivity contribution is 7.70. The Morgan fingerprint density at radius 2 is 1.94 bits per heavy atom. The zero-order valence-corrected chi connectivity index (χ0v) is 21.0. The van der Waals surface area contributed by atoms with Crippen molar-refractivity contribution in [3.8, 4) is 11.5 Å². The number of rotatable bonds is 6. The third-order valence-corrected chi connectivity index (χ3v) is 7.42. The number of phenolic OH excluding ortho intramolecular Hbond substituents is 1. The summed E-state index contributed by atoms with van der Waals surface area (Å²) in [7, 11) is -1.17. The van der Waals surface area contributed by atoms with Gasteiger partial charge in [0.15, 0.2) is 5.82 Å². The largest absolute Gasteiger partial charge is 0.508 e. The number of anilines is 4. The molecule has 0 bridgehead atoms. The van der Waals surface area contributed by atoms with Gasteiger partial charge in [0.2, 0.25) is 5.95 Å². The van der Waals surface area contributed by atoms with Gasteiger partial charge < -0.3 is 35.0 Å². The molecule has 4 N–H and O–H groups in total. The number of carboxylic acid groups (broad SMARTS) is 1. The van der Waals surface area contributed by atoms with Gasteiger partial charge in [-0.3, -0.25) is 0 Å². The summed E-state index contributed by atoms with van der Waals surface area (Å²) in [6.45, 7) is 3.91. The van der Waals surface area contributed by atoms with Gasteiger partial charge in [-0.2, -0.15) is 4.98 Å². The molecule has 1 aliphatic heterocycles. The summed E-state index contributed by atoms with van der Waals surface area (Å²) in [4.78, 5) is 21.5. The fraction of sp³-hybridized carbons (Fsp3) is 0.261. The fourth-order valence-electron chi connectivity index (χ4n) is 3.85. The van der Waals surface area contributed by atoms with Gasteiger partial charge >= 0.3 is 6.09 Å². The van der Waals surface area contributed by atoms with Gasteiger partial charge in [0, 0.05) is 18.4 Å². The molecule has 3 aromatic rings. The van der Waals surface area contributed by atoms with Gasteiger partial charge in [-0.1, -0.05) is 11.6 Å². The van der Waals surface area contributed by atoms with E-state index < -0.39 is 13.2 Å². The lowest BCUT2D eigenvalue weighted by atomic mass is 9.98. The van der Waals surface area contributed by atoms with Crippen molar-refractivity contribution < 1.29 is 24.3 Å². The monoisotopic (exact) mass is 517 g/mol. The molecule has 0 radical (unpaired) electrons. The molecule has 0 saturated carbocycles. The van der Waals surface area contributed by atoms with E-state index in [0.717, 1.165) is 11.1 Å². The zero-order valence-electron chi connectivity index (χ0n) is 19.4. The number of fused-ring (bicyclic) bond motifs is 1. The second kappa shape index (κ2) is 9.64. The number of benzene rings is 2. The predicted octanol–water partition coefficient (Wildman–Crippen LogP) is 4.62. The van der Waals surface area contributed by atoms with Crippen LogP contribution in [0, 0.1) is 0 Å². The summed E-state index contributed by atoms with van der Waals surface area (Å²) < 4.78 is 18.3. The normalized spacial score (nSPS) is 13.2. The predicted molar refractivity (Wildman–Crippen MR) is 136 cm³/mol. The third-order valence-electron chi connectivity index (χ3n) is 5.61. The quantitative estimate of drug-likeness (QED) is 0.273. The lowest BCUT2D eigenvalue weighted by molar-refractivity contribution is 0.140. The second-order valence-electron chi connectivity index (χ2n) is 8.47. The molecule has 2 aromatic carbocycles. The van der Waals surface area contributed by atoms with Crippen molar-refractivity contribution in [1.82, 2.24) is 14.9 Å².